The Morgan fingerprint density at radius 1 is 1.83 bits per heavy atom. The zero-order chi connectivity index (χ0) is 4.99. The number of aliphatic hydroxyl groups is 1. The van der Waals surface area contributed by atoms with Gasteiger partial charge in [-0.2, -0.15) is 0 Å². The highest BCUT2D eigenvalue weighted by Crippen LogP contribution is 1.69. The van der Waals surface area contributed by atoms with Gasteiger partial charge in [-0.1, -0.05) is 0 Å². The van der Waals surface area contributed by atoms with Crippen molar-refractivity contribution in [2.45, 2.75) is 13.0 Å². The SMILES string of the molecule is CNCC(C)O. The van der Waals surface area contributed by atoms with Gasteiger partial charge in [0.25, 0.3) is 0 Å². The number of likely N-dealkylation sites (N-methyl/N-ethyl adjacent to an activating group) is 1. The lowest BCUT2D eigenvalue weighted by Gasteiger charge is -1.97. The summed E-state index contributed by atoms with van der Waals surface area (Å²) in [6, 6.07) is 0. The van der Waals surface area contributed by atoms with E-state index in [0.717, 1.165) is 0 Å². The number of aliphatic hydroxyl groups excluding tert-OH is 1. The van der Waals surface area contributed by atoms with E-state index in [1.807, 2.05) is 7.05 Å². The van der Waals surface area contributed by atoms with Crippen LogP contribution >= 0.6 is 0 Å². The quantitative estimate of drug-likeness (QED) is 0.482. The fraction of sp³-hybridized carbons (Fsp3) is 1.00. The molecule has 0 aromatic rings. The molecule has 0 aromatic heterocycles. The van der Waals surface area contributed by atoms with Gasteiger partial charge in [0.05, 0.1) is 6.10 Å². The fourth-order valence-corrected chi connectivity index (χ4v) is 0.295. The summed E-state index contributed by atoms with van der Waals surface area (Å²) < 4.78 is 0. The number of nitrogens with one attached hydrogen (secondary N) is 1. The van der Waals surface area contributed by atoms with E-state index in [2.05, 4.69) is 5.32 Å². The van der Waals surface area contributed by atoms with Crippen LogP contribution in [0.4, 0.5) is 0 Å². The Bertz CT molecular complexity index is 28.7. The number of rotatable bonds is 2. The maximum Gasteiger partial charge on any atom is 0.0636 e. The van der Waals surface area contributed by atoms with Gasteiger partial charge in [0.2, 0.25) is 0 Å². The molecule has 0 aromatic carbocycles. The molecule has 0 radical (unpaired) electrons. The summed E-state index contributed by atoms with van der Waals surface area (Å²) in [6.07, 6.45) is -0.213. The molecule has 2 N–H and O–H groups in total. The first-order chi connectivity index (χ1) is 2.77. The third-order valence-electron chi connectivity index (χ3n) is 0.500. The summed E-state index contributed by atoms with van der Waals surface area (Å²) in [7, 11) is 1.81. The van der Waals surface area contributed by atoms with Crippen LogP contribution in [0.15, 0.2) is 0 Å². The summed E-state index contributed by atoms with van der Waals surface area (Å²) >= 11 is 0. The van der Waals surface area contributed by atoms with Crippen LogP contribution in [-0.4, -0.2) is 24.8 Å². The van der Waals surface area contributed by atoms with Crippen LogP contribution in [0.2, 0.25) is 0 Å². The van der Waals surface area contributed by atoms with Gasteiger partial charge in [-0.25, -0.2) is 0 Å². The minimum atomic E-state index is -0.213. The molecule has 0 saturated heterocycles. The van der Waals surface area contributed by atoms with Crippen molar-refractivity contribution in [3.05, 3.63) is 0 Å². The van der Waals surface area contributed by atoms with Gasteiger partial charge in [0, 0.05) is 6.54 Å². The van der Waals surface area contributed by atoms with Crippen LogP contribution in [0.25, 0.3) is 0 Å². The molecular formula is C4H11NO. The molecular weight excluding hydrogens is 78.0 g/mol. The molecule has 6 heavy (non-hydrogen) atoms. The third kappa shape index (κ3) is 3.92. The van der Waals surface area contributed by atoms with E-state index in [1.165, 1.54) is 0 Å². The Hall–Kier alpha value is -0.0800. The summed E-state index contributed by atoms with van der Waals surface area (Å²) in [5, 5.41) is 11.3. The first kappa shape index (κ1) is 5.92. The van der Waals surface area contributed by atoms with E-state index < -0.39 is 0 Å². The van der Waals surface area contributed by atoms with Crippen LogP contribution in [0.3, 0.4) is 0 Å². The van der Waals surface area contributed by atoms with E-state index in [4.69, 9.17) is 5.11 Å². The Morgan fingerprint density at radius 2 is 2.33 bits per heavy atom. The molecule has 38 valence electrons. The summed E-state index contributed by atoms with van der Waals surface area (Å²) in [6.45, 7) is 2.43. The smallest absolute Gasteiger partial charge is 0.0636 e. The molecule has 0 aliphatic heterocycles. The monoisotopic (exact) mass is 89.1 g/mol. The lowest BCUT2D eigenvalue weighted by atomic mass is 10.4. The molecule has 1 atom stereocenters. The van der Waals surface area contributed by atoms with Crippen molar-refractivity contribution >= 4 is 0 Å². The number of hydrogen-bond donors (Lipinski definition) is 2. The van der Waals surface area contributed by atoms with E-state index in [-0.39, 0.29) is 6.10 Å². The predicted octanol–water partition coefficient (Wildman–Crippen LogP) is -0.413. The first-order valence-electron chi connectivity index (χ1n) is 2.10. The Kier molecular flexibility index (Phi) is 3.08. The van der Waals surface area contributed by atoms with E-state index in [0.29, 0.717) is 6.54 Å². The van der Waals surface area contributed by atoms with Crippen molar-refractivity contribution in [3.8, 4) is 0 Å². The van der Waals surface area contributed by atoms with Crippen LogP contribution in [0.5, 0.6) is 0 Å². The van der Waals surface area contributed by atoms with Gasteiger partial charge >= 0.3 is 0 Å². The molecule has 0 aliphatic carbocycles. The van der Waals surface area contributed by atoms with Gasteiger partial charge < -0.3 is 10.4 Å². The third-order valence-corrected chi connectivity index (χ3v) is 0.500. The van der Waals surface area contributed by atoms with E-state index in [9.17, 15) is 0 Å². The largest absolute Gasteiger partial charge is 0.392 e. The minimum absolute atomic E-state index is 0.213. The van der Waals surface area contributed by atoms with Gasteiger partial charge in [-0.3, -0.25) is 0 Å². The summed E-state index contributed by atoms with van der Waals surface area (Å²) in [5.41, 5.74) is 0. The van der Waals surface area contributed by atoms with Gasteiger partial charge in [-0.15, -0.1) is 0 Å². The van der Waals surface area contributed by atoms with E-state index >= 15 is 0 Å². The Balaban J connectivity index is 2.63. The molecule has 0 spiro atoms. The first-order valence-corrected chi connectivity index (χ1v) is 2.10. The highest BCUT2D eigenvalue weighted by Gasteiger charge is 1.86. The lowest BCUT2D eigenvalue weighted by Crippen LogP contribution is -2.19. The summed E-state index contributed by atoms with van der Waals surface area (Å²) in [5.74, 6) is 0. The molecule has 0 fully saturated rings. The Morgan fingerprint density at radius 3 is 2.33 bits per heavy atom. The second kappa shape index (κ2) is 3.12. The molecule has 0 aliphatic rings. The molecule has 2 nitrogen and oxygen atoms in total. The molecule has 1 unspecified atom stereocenters. The average Bonchev–Trinajstić information content (AvgIpc) is 1.35. The lowest BCUT2D eigenvalue weighted by molar-refractivity contribution is 0.194. The van der Waals surface area contributed by atoms with Crippen molar-refractivity contribution in [1.29, 1.82) is 0 Å². The molecule has 0 bridgehead atoms. The van der Waals surface area contributed by atoms with Crippen molar-refractivity contribution in [3.63, 3.8) is 0 Å². The van der Waals surface area contributed by atoms with Crippen LogP contribution in [0.1, 0.15) is 6.92 Å². The van der Waals surface area contributed by atoms with Gasteiger partial charge in [0.1, 0.15) is 0 Å². The molecule has 2 heteroatoms. The molecule has 0 rings (SSSR count). The predicted molar refractivity (Wildman–Crippen MR) is 25.6 cm³/mol. The van der Waals surface area contributed by atoms with Crippen LogP contribution < -0.4 is 5.32 Å². The second-order valence-corrected chi connectivity index (χ2v) is 1.41. The minimum Gasteiger partial charge on any atom is -0.392 e. The van der Waals surface area contributed by atoms with Crippen molar-refractivity contribution in [1.82, 2.24) is 5.32 Å². The van der Waals surface area contributed by atoms with Gasteiger partial charge in [-0.05, 0) is 14.0 Å². The standard InChI is InChI=1S/C4H11NO/c1-4(6)3-5-2/h4-6H,3H2,1-2H3. The van der Waals surface area contributed by atoms with Crippen LogP contribution in [-0.2, 0) is 0 Å². The highest BCUT2D eigenvalue weighted by molar-refractivity contribution is 4.44. The average molecular weight is 89.1 g/mol. The second-order valence-electron chi connectivity index (χ2n) is 1.41. The van der Waals surface area contributed by atoms with Crippen molar-refractivity contribution in [2.75, 3.05) is 13.6 Å². The molecule has 0 saturated carbocycles. The zero-order valence-corrected chi connectivity index (χ0v) is 4.23. The number of hydrogen-bond acceptors (Lipinski definition) is 2. The highest BCUT2D eigenvalue weighted by atomic mass is 16.3. The maximum atomic E-state index is 8.49. The maximum absolute atomic E-state index is 8.49. The topological polar surface area (TPSA) is 32.3 Å². The normalized spacial score (nSPS) is 14.5. The summed E-state index contributed by atoms with van der Waals surface area (Å²) in [4.78, 5) is 0. The zero-order valence-electron chi connectivity index (χ0n) is 4.23. The van der Waals surface area contributed by atoms with Crippen molar-refractivity contribution < 1.29 is 5.11 Å². The van der Waals surface area contributed by atoms with Crippen LogP contribution in [0, 0.1) is 0 Å². The van der Waals surface area contributed by atoms with E-state index in [1.54, 1.807) is 6.92 Å². The fourth-order valence-electron chi connectivity index (χ4n) is 0.295. The Labute approximate surface area is 38.2 Å². The molecule has 0 amide bonds. The van der Waals surface area contributed by atoms with Gasteiger partial charge in [0.15, 0.2) is 0 Å². The molecule has 0 heterocycles. The van der Waals surface area contributed by atoms with Crippen molar-refractivity contribution in [2.24, 2.45) is 0 Å².